The van der Waals surface area contributed by atoms with E-state index >= 15 is 0 Å². The predicted molar refractivity (Wildman–Crippen MR) is 2.75 cm³/mol. The molecule has 0 atom stereocenters. The average Bonchev–Trinajstić information content (AvgIpc) is 0. The molecule has 0 spiro atoms. The fraction of sp³-hybridized carbons (Fsp3) is 0. The minimum absolute atomic E-state index is 0. The van der Waals surface area contributed by atoms with Gasteiger partial charge in [-0.15, -0.1) is 0 Å². The Balaban J connectivity index is 0. The Morgan fingerprint density at radius 1 is 0.571 bits per heavy atom. The zero-order valence-corrected chi connectivity index (χ0v) is 7.91. The molecule has 0 heterocycles. The van der Waals surface area contributed by atoms with Crippen molar-refractivity contribution < 1.29 is 78.6 Å². The first-order valence-corrected chi connectivity index (χ1v) is 0. The second kappa shape index (κ2) is 126. The molecule has 49 valence electrons. The van der Waals surface area contributed by atoms with Gasteiger partial charge in [0.2, 0.25) is 0 Å². The maximum absolute atomic E-state index is 0. The van der Waals surface area contributed by atoms with Crippen molar-refractivity contribution >= 4 is 0 Å². The maximum Gasteiger partial charge on any atom is 3.00 e. The molecule has 0 amide bonds. The molecule has 0 bridgehead atoms. The molecule has 0 saturated heterocycles. The average molecular weight is 413 g/mol. The first-order chi connectivity index (χ1) is 0. The molecule has 7 heavy (non-hydrogen) atoms. The van der Waals surface area contributed by atoms with E-state index in [2.05, 4.69) is 0 Å². The van der Waals surface area contributed by atoms with Crippen molar-refractivity contribution in [1.82, 2.24) is 0 Å². The molecular formula is FeIrO4Ru. The van der Waals surface area contributed by atoms with E-state index in [1.807, 2.05) is 0 Å². The molecule has 0 aliphatic carbocycles. The van der Waals surface area contributed by atoms with Gasteiger partial charge >= 0.3 is 56.7 Å². The van der Waals surface area contributed by atoms with E-state index in [-0.39, 0.29) is 78.6 Å². The van der Waals surface area contributed by atoms with E-state index in [1.54, 1.807) is 0 Å². The minimum atomic E-state index is 0. The Morgan fingerprint density at radius 3 is 0.571 bits per heavy atom. The molecule has 0 fully saturated rings. The zero-order valence-electron chi connectivity index (χ0n) is 2.67. The standard InChI is InChI=1S/Fe.Ir.4O.Ru/q+2;+3;4*-2;+3. The summed E-state index contributed by atoms with van der Waals surface area (Å²) in [5, 5.41) is 0. The minimum Gasteiger partial charge on any atom is -2.00 e. The summed E-state index contributed by atoms with van der Waals surface area (Å²) < 4.78 is 0. The third-order valence-electron chi connectivity index (χ3n) is 0. The van der Waals surface area contributed by atoms with Crippen molar-refractivity contribution in [2.75, 3.05) is 0 Å². The molecule has 0 N–H and O–H groups in total. The smallest absolute Gasteiger partial charge is 2.00 e. The zero-order chi connectivity index (χ0) is 0. The largest absolute Gasteiger partial charge is 3.00 e. The van der Waals surface area contributed by atoms with E-state index in [0.717, 1.165) is 0 Å². The third kappa shape index (κ3) is 90.9. The number of rotatable bonds is 0. The van der Waals surface area contributed by atoms with Crippen LogP contribution in [0.5, 0.6) is 0 Å². The predicted octanol–water partition coefficient (Wildman–Crippen LogP) is -0.483. The summed E-state index contributed by atoms with van der Waals surface area (Å²) in [7, 11) is 0. The molecular weight excluding hydrogens is 413 g/mol. The van der Waals surface area contributed by atoms with Gasteiger partial charge < -0.3 is 21.9 Å². The molecule has 0 aromatic heterocycles. The SMILES string of the molecule is [Fe+2].[Ir+3].[O-2].[O-2].[O-2].[O-2].[Ru+3]. The van der Waals surface area contributed by atoms with Gasteiger partial charge in [-0.05, 0) is 0 Å². The number of hydrogen-bond donors (Lipinski definition) is 0. The van der Waals surface area contributed by atoms with Gasteiger partial charge in [0, 0.05) is 0 Å². The van der Waals surface area contributed by atoms with Crippen LogP contribution >= 0.6 is 0 Å². The molecule has 7 heteroatoms. The van der Waals surface area contributed by atoms with E-state index in [9.17, 15) is 0 Å². The van der Waals surface area contributed by atoms with Gasteiger partial charge in [-0.2, -0.15) is 0 Å². The van der Waals surface area contributed by atoms with Crippen LogP contribution in [0.15, 0.2) is 0 Å². The second-order valence-corrected chi connectivity index (χ2v) is 0. The van der Waals surface area contributed by atoms with Gasteiger partial charge in [-0.3, -0.25) is 0 Å². The second-order valence-electron chi connectivity index (χ2n) is 0. The summed E-state index contributed by atoms with van der Waals surface area (Å²) in [6.45, 7) is 0. The van der Waals surface area contributed by atoms with E-state index < -0.39 is 0 Å². The van der Waals surface area contributed by atoms with Gasteiger partial charge in [0.05, 0.1) is 0 Å². The van der Waals surface area contributed by atoms with Crippen molar-refractivity contribution in [3.8, 4) is 0 Å². The summed E-state index contributed by atoms with van der Waals surface area (Å²) in [6, 6.07) is 0. The normalized spacial score (nSPS) is 0. The Hall–Kier alpha value is 1.63. The maximum atomic E-state index is 0. The summed E-state index contributed by atoms with van der Waals surface area (Å²) in [4.78, 5) is 0. The first kappa shape index (κ1) is 189. The quantitative estimate of drug-likeness (QED) is 0.478. The van der Waals surface area contributed by atoms with Crippen LogP contribution in [0.3, 0.4) is 0 Å². The van der Waals surface area contributed by atoms with Crippen molar-refractivity contribution in [1.29, 1.82) is 0 Å². The van der Waals surface area contributed by atoms with Gasteiger partial charge in [0.25, 0.3) is 0 Å². The molecule has 0 rings (SSSR count). The molecule has 4 nitrogen and oxygen atoms in total. The number of hydrogen-bond acceptors (Lipinski definition) is 0. The van der Waals surface area contributed by atoms with Crippen molar-refractivity contribution in [3.05, 3.63) is 0 Å². The fourth-order valence-electron chi connectivity index (χ4n) is 0. The Kier molecular flexibility index (Phi) is 3400. The van der Waals surface area contributed by atoms with Crippen LogP contribution in [-0.4, -0.2) is 0 Å². The monoisotopic (exact) mass is 415 g/mol. The molecule has 0 aromatic rings. The van der Waals surface area contributed by atoms with Crippen LogP contribution in [0.25, 0.3) is 0 Å². The van der Waals surface area contributed by atoms with Gasteiger partial charge in [-0.25, -0.2) is 0 Å². The molecule has 0 unspecified atom stereocenters. The van der Waals surface area contributed by atoms with Gasteiger partial charge in [0.15, 0.2) is 0 Å². The molecule has 0 aromatic carbocycles. The molecule has 0 saturated carbocycles. The molecule has 0 aliphatic rings. The van der Waals surface area contributed by atoms with Crippen LogP contribution in [-0.2, 0) is 78.6 Å². The van der Waals surface area contributed by atoms with E-state index in [0.29, 0.717) is 0 Å². The van der Waals surface area contributed by atoms with Gasteiger partial charge in [0.1, 0.15) is 0 Å². The van der Waals surface area contributed by atoms with Crippen LogP contribution in [0.4, 0.5) is 0 Å². The van der Waals surface area contributed by atoms with Crippen LogP contribution in [0.1, 0.15) is 0 Å². The summed E-state index contributed by atoms with van der Waals surface area (Å²) >= 11 is 0. The van der Waals surface area contributed by atoms with Crippen molar-refractivity contribution in [3.63, 3.8) is 0 Å². The summed E-state index contributed by atoms with van der Waals surface area (Å²) in [5.41, 5.74) is 0. The van der Waals surface area contributed by atoms with Crippen LogP contribution in [0, 0.1) is 0 Å². The first-order valence-electron chi connectivity index (χ1n) is 0. The fourth-order valence-corrected chi connectivity index (χ4v) is 0. The van der Waals surface area contributed by atoms with Crippen LogP contribution in [0.2, 0.25) is 0 Å². The van der Waals surface area contributed by atoms with Crippen LogP contribution < -0.4 is 0 Å². The Bertz CT molecular complexity index is 11.7. The Labute approximate surface area is 78.2 Å². The summed E-state index contributed by atoms with van der Waals surface area (Å²) in [5.74, 6) is 0. The van der Waals surface area contributed by atoms with Crippen molar-refractivity contribution in [2.45, 2.75) is 0 Å². The van der Waals surface area contributed by atoms with E-state index in [1.165, 1.54) is 0 Å². The summed E-state index contributed by atoms with van der Waals surface area (Å²) in [6.07, 6.45) is 0. The molecule has 1 radical (unpaired) electrons. The van der Waals surface area contributed by atoms with Gasteiger partial charge in [-0.1, -0.05) is 0 Å². The Morgan fingerprint density at radius 2 is 0.571 bits per heavy atom. The van der Waals surface area contributed by atoms with E-state index in [4.69, 9.17) is 0 Å². The topological polar surface area (TPSA) is 114 Å². The van der Waals surface area contributed by atoms with Crippen molar-refractivity contribution in [2.24, 2.45) is 0 Å². The third-order valence-corrected chi connectivity index (χ3v) is 0. The molecule has 0 aliphatic heterocycles.